The molecule has 0 spiro atoms. The molecule has 0 radical (unpaired) electrons. The quantitative estimate of drug-likeness (QED) is 0.181. The second kappa shape index (κ2) is 9.99. The number of nitriles is 1. The number of aryl methyl sites for hydroxylation is 2. The summed E-state index contributed by atoms with van der Waals surface area (Å²) in [6.45, 7) is 1.53. The van der Waals surface area contributed by atoms with Gasteiger partial charge in [0.25, 0.3) is 0 Å². The summed E-state index contributed by atoms with van der Waals surface area (Å²) in [6.07, 6.45) is 10.8. The van der Waals surface area contributed by atoms with Gasteiger partial charge < -0.3 is 4.90 Å². The number of benzene rings is 1. The van der Waals surface area contributed by atoms with Gasteiger partial charge in [-0.15, -0.1) is 0 Å². The van der Waals surface area contributed by atoms with Crippen LogP contribution in [-0.2, 0) is 12.8 Å². The molecule has 0 bridgehead atoms. The number of piperidine rings is 1. The molecule has 1 fully saturated rings. The van der Waals surface area contributed by atoms with E-state index in [2.05, 4.69) is 58.9 Å². The van der Waals surface area contributed by atoms with Gasteiger partial charge >= 0.3 is 0 Å². The molecule has 8 heteroatoms. The van der Waals surface area contributed by atoms with E-state index in [0.29, 0.717) is 5.84 Å². The maximum atomic E-state index is 9.29. The predicted octanol–water partition coefficient (Wildman–Crippen LogP) is 6.58. The number of aliphatic imine (C=N–C) groups is 1. The zero-order valence-electron chi connectivity index (χ0n) is 18.2. The monoisotopic (exact) mass is 595 g/mol. The molecular weight excluding hydrogens is 578 g/mol. The minimum absolute atomic E-state index is 0.677. The van der Waals surface area contributed by atoms with Crippen LogP contribution >= 0.6 is 43.5 Å². The van der Waals surface area contributed by atoms with Crippen molar-refractivity contribution in [1.29, 1.82) is 5.26 Å². The Kier molecular flexibility index (Phi) is 6.82. The van der Waals surface area contributed by atoms with E-state index in [0.717, 1.165) is 64.0 Å². The lowest BCUT2D eigenvalue weighted by molar-refractivity contribution is 0.389. The lowest BCUT2D eigenvalue weighted by Crippen LogP contribution is -2.37. The Morgan fingerprint density at radius 3 is 2.59 bits per heavy atom. The van der Waals surface area contributed by atoms with Crippen molar-refractivity contribution in [1.82, 2.24) is 14.9 Å². The first-order valence-corrected chi connectivity index (χ1v) is 13.0. The topological polar surface area (TPSA) is 65.2 Å². The average molecular weight is 598 g/mol. The molecule has 1 aromatic carbocycles. The van der Waals surface area contributed by atoms with Crippen molar-refractivity contribution in [3.8, 4) is 6.19 Å². The summed E-state index contributed by atoms with van der Waals surface area (Å²) < 4.78 is 1.99. The number of likely N-dealkylation sites (tertiary alicyclic amines) is 1. The molecule has 5 nitrogen and oxygen atoms in total. The lowest BCUT2D eigenvalue weighted by atomic mass is 9.88. The van der Waals surface area contributed by atoms with Crippen molar-refractivity contribution >= 4 is 54.9 Å². The standard InChI is InChI=1S/C26H20Br2ClN5/c27-20-10-18-4-3-17-11-21(29)12-22(28)23(17)24(25(18)32-14-20)16-5-8-34(9-6-16)26(33-15-30)19-2-1-7-31-13-19/h1-2,7,10-14H,3-6,8-9H2. The number of nitrogens with zero attached hydrogens (tertiary/aromatic N) is 5. The number of hydrogen-bond donors (Lipinski definition) is 0. The van der Waals surface area contributed by atoms with Crippen molar-refractivity contribution < 1.29 is 0 Å². The molecule has 3 aromatic rings. The fraction of sp³-hybridized carbons (Fsp3) is 0.231. The third-order valence-electron chi connectivity index (χ3n) is 6.32. The Bertz CT molecular complexity index is 1350. The molecule has 170 valence electrons. The molecule has 0 amide bonds. The number of fused-ring (bicyclic) bond motifs is 2. The zero-order chi connectivity index (χ0) is 23.7. The normalized spacial score (nSPS) is 15.9. The number of pyridine rings is 2. The fourth-order valence-electron chi connectivity index (χ4n) is 4.83. The van der Waals surface area contributed by atoms with E-state index >= 15 is 0 Å². The molecule has 5 rings (SSSR count). The maximum Gasteiger partial charge on any atom is 0.207 e. The Balaban J connectivity index is 1.57. The summed E-state index contributed by atoms with van der Waals surface area (Å²) in [4.78, 5) is 15.4. The van der Waals surface area contributed by atoms with Crippen molar-refractivity contribution in [2.24, 2.45) is 4.99 Å². The van der Waals surface area contributed by atoms with Crippen molar-refractivity contribution in [2.75, 3.05) is 13.1 Å². The predicted molar refractivity (Wildman–Crippen MR) is 142 cm³/mol. The van der Waals surface area contributed by atoms with Crippen LogP contribution in [0.15, 0.2) is 68.4 Å². The summed E-state index contributed by atoms with van der Waals surface area (Å²) in [5.74, 6) is 0.677. The molecule has 0 unspecified atom stereocenters. The van der Waals surface area contributed by atoms with Crippen LogP contribution in [-0.4, -0.2) is 33.8 Å². The summed E-state index contributed by atoms with van der Waals surface area (Å²) in [7, 11) is 0. The largest absolute Gasteiger partial charge is 0.355 e. The number of amidine groups is 1. The van der Waals surface area contributed by atoms with Crippen LogP contribution in [0.5, 0.6) is 0 Å². The highest BCUT2D eigenvalue weighted by Gasteiger charge is 2.28. The third kappa shape index (κ3) is 4.55. The van der Waals surface area contributed by atoms with E-state index in [1.165, 1.54) is 27.8 Å². The molecule has 2 aromatic heterocycles. The SMILES string of the molecule is N#CN=C(c1cccnc1)N1CCC(=C2c3ncc(Br)cc3CCc3cc(Cl)cc(Br)c32)CC1. The molecule has 3 heterocycles. The van der Waals surface area contributed by atoms with Crippen LogP contribution in [0, 0.1) is 11.5 Å². The van der Waals surface area contributed by atoms with Gasteiger partial charge in [0, 0.05) is 62.3 Å². The smallest absolute Gasteiger partial charge is 0.207 e. The second-order valence-electron chi connectivity index (χ2n) is 8.33. The molecule has 1 saturated heterocycles. The number of rotatable bonds is 1. The van der Waals surface area contributed by atoms with Crippen molar-refractivity contribution in [3.63, 3.8) is 0 Å². The van der Waals surface area contributed by atoms with E-state index in [-0.39, 0.29) is 0 Å². The molecule has 0 saturated carbocycles. The Morgan fingerprint density at radius 1 is 1.06 bits per heavy atom. The first kappa shape index (κ1) is 23.2. The summed E-state index contributed by atoms with van der Waals surface area (Å²) in [6, 6.07) is 10.0. The highest BCUT2D eigenvalue weighted by atomic mass is 79.9. The zero-order valence-corrected chi connectivity index (χ0v) is 22.2. The van der Waals surface area contributed by atoms with Crippen LogP contribution < -0.4 is 0 Å². The molecule has 0 N–H and O–H groups in total. The van der Waals surface area contributed by atoms with Crippen LogP contribution in [0.3, 0.4) is 0 Å². The van der Waals surface area contributed by atoms with Gasteiger partial charge in [-0.25, -0.2) is 0 Å². The van der Waals surface area contributed by atoms with Gasteiger partial charge in [0.15, 0.2) is 0 Å². The van der Waals surface area contributed by atoms with Gasteiger partial charge in [0.2, 0.25) is 6.19 Å². The Labute approximate surface area is 220 Å². The Hall–Kier alpha value is -2.53. The van der Waals surface area contributed by atoms with Crippen molar-refractivity contribution in [3.05, 3.63) is 96.4 Å². The highest BCUT2D eigenvalue weighted by Crippen LogP contribution is 2.42. The third-order valence-corrected chi connectivity index (χ3v) is 7.59. The van der Waals surface area contributed by atoms with E-state index in [1.807, 2.05) is 30.6 Å². The van der Waals surface area contributed by atoms with E-state index in [4.69, 9.17) is 16.6 Å². The van der Waals surface area contributed by atoms with E-state index in [1.54, 1.807) is 12.4 Å². The molecule has 1 aliphatic carbocycles. The van der Waals surface area contributed by atoms with E-state index < -0.39 is 0 Å². The van der Waals surface area contributed by atoms with Crippen LogP contribution in [0.25, 0.3) is 5.57 Å². The average Bonchev–Trinajstić information content (AvgIpc) is 3.00. The van der Waals surface area contributed by atoms with Crippen molar-refractivity contribution in [2.45, 2.75) is 25.7 Å². The first-order chi connectivity index (χ1) is 16.5. The van der Waals surface area contributed by atoms with Gasteiger partial charge in [-0.05, 0) is 83.1 Å². The molecule has 2 aliphatic rings. The highest BCUT2D eigenvalue weighted by molar-refractivity contribution is 9.10. The van der Waals surface area contributed by atoms with Gasteiger partial charge in [0.1, 0.15) is 5.84 Å². The van der Waals surface area contributed by atoms with E-state index in [9.17, 15) is 5.26 Å². The summed E-state index contributed by atoms with van der Waals surface area (Å²) in [5, 5.41) is 10.0. The minimum Gasteiger partial charge on any atom is -0.355 e. The molecule has 0 atom stereocenters. The first-order valence-electron chi connectivity index (χ1n) is 11.0. The molecular formula is C26H20Br2ClN5. The van der Waals surface area contributed by atoms with Gasteiger partial charge in [-0.2, -0.15) is 10.3 Å². The molecule has 1 aliphatic heterocycles. The van der Waals surface area contributed by atoms with Gasteiger partial charge in [0.05, 0.1) is 5.69 Å². The second-order valence-corrected chi connectivity index (χ2v) is 10.5. The van der Waals surface area contributed by atoms with Crippen LogP contribution in [0.4, 0.5) is 0 Å². The van der Waals surface area contributed by atoms with Gasteiger partial charge in [-0.3, -0.25) is 9.97 Å². The molecule has 34 heavy (non-hydrogen) atoms. The summed E-state index contributed by atoms with van der Waals surface area (Å²) >= 11 is 13.8. The van der Waals surface area contributed by atoms with Crippen LogP contribution in [0.2, 0.25) is 5.02 Å². The fourth-order valence-corrected chi connectivity index (χ4v) is 6.28. The lowest BCUT2D eigenvalue weighted by Gasteiger charge is -2.32. The summed E-state index contributed by atoms with van der Waals surface area (Å²) in [5.41, 5.74) is 8.14. The maximum absolute atomic E-state index is 9.29. The minimum atomic E-state index is 0.677. The number of aromatic nitrogens is 2. The number of hydrogen-bond acceptors (Lipinski definition) is 4. The van der Waals surface area contributed by atoms with Crippen LogP contribution in [0.1, 0.15) is 40.8 Å². The number of halogens is 3. The Morgan fingerprint density at radius 2 is 1.85 bits per heavy atom. The van der Waals surface area contributed by atoms with Gasteiger partial charge in [-0.1, -0.05) is 33.1 Å².